The van der Waals surface area contributed by atoms with Gasteiger partial charge in [0.05, 0.1) is 12.8 Å². The van der Waals surface area contributed by atoms with Gasteiger partial charge in [-0.1, -0.05) is 25.1 Å². The average molecular weight is 290 g/mol. The van der Waals surface area contributed by atoms with Crippen molar-refractivity contribution in [3.05, 3.63) is 53.5 Å². The van der Waals surface area contributed by atoms with Crippen LogP contribution < -0.4 is 14.8 Å². The molecular formula is C16H19FN2O2. The molecule has 0 bridgehead atoms. The van der Waals surface area contributed by atoms with Crippen molar-refractivity contribution in [3.63, 3.8) is 0 Å². The largest absolute Gasteiger partial charge is 0.484 e. The number of rotatable bonds is 7. The Kier molecular flexibility index (Phi) is 5.51. The van der Waals surface area contributed by atoms with Crippen LogP contribution in [0.15, 0.2) is 36.4 Å². The first-order valence-electron chi connectivity index (χ1n) is 6.85. The number of aromatic nitrogens is 1. The fourth-order valence-corrected chi connectivity index (χ4v) is 1.91. The summed E-state index contributed by atoms with van der Waals surface area (Å²) in [6.07, 6.45) is 0. The number of para-hydroxylation sites is 1. The van der Waals surface area contributed by atoms with Crippen molar-refractivity contribution >= 4 is 0 Å². The first kappa shape index (κ1) is 15.3. The van der Waals surface area contributed by atoms with Crippen LogP contribution in [0.1, 0.15) is 18.2 Å². The summed E-state index contributed by atoms with van der Waals surface area (Å²) in [5.74, 6) is 0.411. The third-order valence-electron chi connectivity index (χ3n) is 2.97. The van der Waals surface area contributed by atoms with Gasteiger partial charge in [-0.2, -0.15) is 0 Å². The predicted octanol–water partition coefficient (Wildman–Crippen LogP) is 2.92. The van der Waals surface area contributed by atoms with Crippen molar-refractivity contribution < 1.29 is 13.9 Å². The number of ether oxygens (including phenoxy) is 2. The van der Waals surface area contributed by atoms with Crippen LogP contribution in [0.2, 0.25) is 0 Å². The molecular weight excluding hydrogens is 271 g/mol. The third kappa shape index (κ3) is 4.16. The Labute approximate surface area is 123 Å². The first-order chi connectivity index (χ1) is 10.2. The molecule has 0 aliphatic heterocycles. The fraction of sp³-hybridized carbons (Fsp3) is 0.312. The highest BCUT2D eigenvalue weighted by atomic mass is 19.1. The maximum absolute atomic E-state index is 13.9. The molecule has 0 unspecified atom stereocenters. The van der Waals surface area contributed by atoms with Crippen LogP contribution in [-0.2, 0) is 13.2 Å². The third-order valence-corrected chi connectivity index (χ3v) is 2.97. The highest BCUT2D eigenvalue weighted by Crippen LogP contribution is 2.23. The molecule has 2 rings (SSSR count). The van der Waals surface area contributed by atoms with Crippen LogP contribution in [0.3, 0.4) is 0 Å². The zero-order valence-electron chi connectivity index (χ0n) is 12.2. The second-order valence-electron chi connectivity index (χ2n) is 4.47. The van der Waals surface area contributed by atoms with Gasteiger partial charge in [0.25, 0.3) is 0 Å². The molecule has 0 atom stereocenters. The minimum absolute atomic E-state index is 0.192. The van der Waals surface area contributed by atoms with E-state index >= 15 is 0 Å². The molecule has 1 N–H and O–H groups in total. The summed E-state index contributed by atoms with van der Waals surface area (Å²) >= 11 is 0. The number of pyridine rings is 1. The predicted molar refractivity (Wildman–Crippen MR) is 78.9 cm³/mol. The van der Waals surface area contributed by atoms with Crippen molar-refractivity contribution in [2.75, 3.05) is 13.7 Å². The van der Waals surface area contributed by atoms with E-state index in [1.807, 2.05) is 25.1 Å². The van der Waals surface area contributed by atoms with E-state index in [1.165, 1.54) is 6.07 Å². The Balaban J connectivity index is 2.11. The molecule has 0 spiro atoms. The number of benzene rings is 1. The Morgan fingerprint density at radius 2 is 2.00 bits per heavy atom. The van der Waals surface area contributed by atoms with E-state index in [4.69, 9.17) is 9.47 Å². The molecule has 1 aromatic carbocycles. The molecule has 0 amide bonds. The molecule has 0 radical (unpaired) electrons. The molecule has 0 fully saturated rings. The van der Waals surface area contributed by atoms with Crippen LogP contribution in [-0.4, -0.2) is 18.6 Å². The zero-order chi connectivity index (χ0) is 15.1. The van der Waals surface area contributed by atoms with Crippen LogP contribution >= 0.6 is 0 Å². The minimum Gasteiger partial charge on any atom is -0.484 e. The van der Waals surface area contributed by atoms with Crippen molar-refractivity contribution in [1.29, 1.82) is 0 Å². The lowest BCUT2D eigenvalue weighted by atomic mass is 10.2. The highest BCUT2D eigenvalue weighted by molar-refractivity contribution is 5.35. The van der Waals surface area contributed by atoms with Crippen molar-refractivity contribution in [3.8, 4) is 11.6 Å². The van der Waals surface area contributed by atoms with Gasteiger partial charge in [0.2, 0.25) is 5.88 Å². The van der Waals surface area contributed by atoms with E-state index in [0.29, 0.717) is 18.1 Å². The van der Waals surface area contributed by atoms with E-state index < -0.39 is 0 Å². The first-order valence-corrected chi connectivity index (χ1v) is 6.85. The molecule has 21 heavy (non-hydrogen) atoms. The van der Waals surface area contributed by atoms with Crippen LogP contribution in [0.25, 0.3) is 0 Å². The summed E-state index contributed by atoms with van der Waals surface area (Å²) in [6, 6.07) is 10.3. The Bertz CT molecular complexity index is 590. The normalized spacial score (nSPS) is 10.4. The summed E-state index contributed by atoms with van der Waals surface area (Å²) in [5.41, 5.74) is 1.48. The van der Waals surface area contributed by atoms with Gasteiger partial charge >= 0.3 is 0 Å². The van der Waals surface area contributed by atoms with Gasteiger partial charge in [-0.15, -0.1) is 0 Å². The summed E-state index contributed by atoms with van der Waals surface area (Å²) < 4.78 is 24.6. The second-order valence-corrected chi connectivity index (χ2v) is 4.47. The molecule has 0 aliphatic carbocycles. The molecule has 1 heterocycles. The molecule has 0 saturated heterocycles. The Morgan fingerprint density at radius 1 is 1.19 bits per heavy atom. The monoisotopic (exact) mass is 290 g/mol. The average Bonchev–Trinajstić information content (AvgIpc) is 2.52. The fourth-order valence-electron chi connectivity index (χ4n) is 1.91. The quantitative estimate of drug-likeness (QED) is 0.851. The van der Waals surface area contributed by atoms with Gasteiger partial charge in [0, 0.05) is 18.2 Å². The van der Waals surface area contributed by atoms with Gasteiger partial charge < -0.3 is 14.8 Å². The van der Waals surface area contributed by atoms with Gasteiger partial charge in [-0.3, -0.25) is 0 Å². The summed E-state index contributed by atoms with van der Waals surface area (Å²) in [5, 5.41) is 3.17. The van der Waals surface area contributed by atoms with Gasteiger partial charge in [0.15, 0.2) is 11.6 Å². The molecule has 5 heteroatoms. The standard InChI is InChI=1S/C16H19FN2O2/c1-3-18-10-12-6-4-8-14(17)16(12)21-11-13-7-5-9-15(19-13)20-2/h4-9,18H,3,10-11H2,1-2H3. The number of methoxy groups -OCH3 is 1. The van der Waals surface area contributed by atoms with Crippen LogP contribution in [0, 0.1) is 5.82 Å². The molecule has 112 valence electrons. The number of hydrogen-bond acceptors (Lipinski definition) is 4. The van der Waals surface area contributed by atoms with Crippen molar-refractivity contribution in [2.24, 2.45) is 0 Å². The molecule has 4 nitrogen and oxygen atoms in total. The van der Waals surface area contributed by atoms with Crippen LogP contribution in [0.4, 0.5) is 4.39 Å². The Hall–Kier alpha value is -2.14. The van der Waals surface area contributed by atoms with Gasteiger partial charge in [-0.25, -0.2) is 9.37 Å². The summed E-state index contributed by atoms with van der Waals surface area (Å²) in [6.45, 7) is 3.57. The van der Waals surface area contributed by atoms with Crippen molar-refractivity contribution in [1.82, 2.24) is 10.3 Å². The van der Waals surface area contributed by atoms with Gasteiger partial charge in [-0.05, 0) is 18.7 Å². The van der Waals surface area contributed by atoms with E-state index in [1.54, 1.807) is 19.2 Å². The maximum atomic E-state index is 13.9. The molecule has 1 aromatic heterocycles. The molecule has 0 saturated carbocycles. The van der Waals surface area contributed by atoms with E-state index in [9.17, 15) is 4.39 Å². The zero-order valence-corrected chi connectivity index (χ0v) is 12.2. The maximum Gasteiger partial charge on any atom is 0.213 e. The van der Waals surface area contributed by atoms with E-state index in [2.05, 4.69) is 10.3 Å². The summed E-state index contributed by atoms with van der Waals surface area (Å²) in [7, 11) is 1.55. The topological polar surface area (TPSA) is 43.4 Å². The number of nitrogens with one attached hydrogen (secondary N) is 1. The minimum atomic E-state index is -0.367. The molecule has 0 aliphatic rings. The second kappa shape index (κ2) is 7.59. The molecule has 2 aromatic rings. The van der Waals surface area contributed by atoms with Gasteiger partial charge in [0.1, 0.15) is 6.61 Å². The number of halogens is 1. The summed E-state index contributed by atoms with van der Waals surface area (Å²) in [4.78, 5) is 4.24. The van der Waals surface area contributed by atoms with Crippen molar-refractivity contribution in [2.45, 2.75) is 20.1 Å². The smallest absolute Gasteiger partial charge is 0.213 e. The number of nitrogens with zero attached hydrogens (tertiary/aromatic N) is 1. The lowest BCUT2D eigenvalue weighted by molar-refractivity contribution is 0.279. The number of hydrogen-bond donors (Lipinski definition) is 1. The lowest BCUT2D eigenvalue weighted by Crippen LogP contribution is -2.13. The van der Waals surface area contributed by atoms with E-state index in [-0.39, 0.29) is 18.2 Å². The SMILES string of the molecule is CCNCc1cccc(F)c1OCc1cccc(OC)n1. The van der Waals surface area contributed by atoms with Crippen LogP contribution in [0.5, 0.6) is 11.6 Å². The Morgan fingerprint density at radius 3 is 2.76 bits per heavy atom. The highest BCUT2D eigenvalue weighted by Gasteiger charge is 2.10. The lowest BCUT2D eigenvalue weighted by Gasteiger charge is -2.12. The van der Waals surface area contributed by atoms with E-state index in [0.717, 1.165) is 12.1 Å².